The number of carbonyl (C=O) groups excluding carboxylic acids is 2. The number of esters is 1. The summed E-state index contributed by atoms with van der Waals surface area (Å²) in [5, 5.41) is 2.97. The van der Waals surface area contributed by atoms with Gasteiger partial charge in [0.25, 0.3) is 5.91 Å². The zero-order chi connectivity index (χ0) is 17.6. The topological polar surface area (TPSA) is 71.8 Å². The average molecular weight is 362 g/mol. The molecule has 7 heteroatoms. The summed E-state index contributed by atoms with van der Waals surface area (Å²) in [4.78, 5) is 27.2. The van der Waals surface area contributed by atoms with Crippen molar-refractivity contribution < 1.29 is 18.7 Å². The van der Waals surface area contributed by atoms with Crippen molar-refractivity contribution in [2.45, 2.75) is 25.3 Å². The van der Waals surface area contributed by atoms with Crippen LogP contribution in [0.3, 0.4) is 0 Å². The third-order valence-electron chi connectivity index (χ3n) is 4.38. The van der Waals surface area contributed by atoms with Crippen LogP contribution in [0, 0.1) is 0 Å². The second-order valence-corrected chi connectivity index (χ2v) is 7.08. The maximum atomic E-state index is 12.4. The fourth-order valence-electron chi connectivity index (χ4n) is 3.07. The van der Waals surface area contributed by atoms with E-state index in [9.17, 15) is 9.59 Å². The smallest absolute Gasteiger partial charge is 0.348 e. The standard InChI is InChI=1S/C18H22N2O4S/c1-23-18(22)16-8-7-15(25-16)17(21)19-12-13(14-6-5-11-24-14)20-9-3-2-4-10-20/h5-8,11,13H,2-4,9-10,12H2,1H3,(H,19,21). The summed E-state index contributed by atoms with van der Waals surface area (Å²) in [6.45, 7) is 2.48. The lowest BCUT2D eigenvalue weighted by Gasteiger charge is -2.33. The Morgan fingerprint density at radius 3 is 2.68 bits per heavy atom. The Hall–Kier alpha value is -2.12. The van der Waals surface area contributed by atoms with Gasteiger partial charge in [-0.1, -0.05) is 6.42 Å². The van der Waals surface area contributed by atoms with Crippen molar-refractivity contribution in [3.8, 4) is 0 Å². The van der Waals surface area contributed by atoms with E-state index in [1.54, 1.807) is 18.4 Å². The Morgan fingerprint density at radius 2 is 2.00 bits per heavy atom. The maximum absolute atomic E-state index is 12.4. The van der Waals surface area contributed by atoms with Crippen molar-refractivity contribution in [2.24, 2.45) is 0 Å². The quantitative estimate of drug-likeness (QED) is 0.800. The third kappa shape index (κ3) is 4.29. The molecule has 134 valence electrons. The van der Waals surface area contributed by atoms with Gasteiger partial charge in [-0.2, -0.15) is 0 Å². The van der Waals surface area contributed by atoms with Gasteiger partial charge in [0, 0.05) is 6.54 Å². The van der Waals surface area contributed by atoms with Crippen LogP contribution in [0.5, 0.6) is 0 Å². The van der Waals surface area contributed by atoms with Gasteiger partial charge in [0.2, 0.25) is 0 Å². The number of furan rings is 1. The van der Waals surface area contributed by atoms with E-state index in [0.29, 0.717) is 16.3 Å². The summed E-state index contributed by atoms with van der Waals surface area (Å²) >= 11 is 1.13. The first-order valence-corrected chi connectivity index (χ1v) is 9.24. The molecule has 0 bridgehead atoms. The number of carbonyl (C=O) groups is 2. The molecule has 0 aliphatic carbocycles. The van der Waals surface area contributed by atoms with Crippen LogP contribution >= 0.6 is 11.3 Å². The average Bonchev–Trinajstić information content (AvgIpc) is 3.34. The van der Waals surface area contributed by atoms with Crippen LogP contribution in [-0.4, -0.2) is 43.5 Å². The van der Waals surface area contributed by atoms with E-state index in [0.717, 1.165) is 30.2 Å². The number of hydrogen-bond acceptors (Lipinski definition) is 6. The molecule has 2 aromatic heterocycles. The molecule has 0 saturated carbocycles. The molecule has 0 spiro atoms. The highest BCUT2D eigenvalue weighted by Gasteiger charge is 2.25. The van der Waals surface area contributed by atoms with E-state index >= 15 is 0 Å². The molecule has 25 heavy (non-hydrogen) atoms. The molecule has 6 nitrogen and oxygen atoms in total. The lowest BCUT2D eigenvalue weighted by Crippen LogP contribution is -2.40. The number of nitrogens with one attached hydrogen (secondary N) is 1. The molecule has 1 unspecified atom stereocenters. The highest BCUT2D eigenvalue weighted by atomic mass is 32.1. The van der Waals surface area contributed by atoms with Crippen LogP contribution in [0.25, 0.3) is 0 Å². The fraction of sp³-hybridized carbons (Fsp3) is 0.444. The van der Waals surface area contributed by atoms with Gasteiger partial charge in [-0.3, -0.25) is 9.69 Å². The molecule has 1 aliphatic rings. The molecule has 3 heterocycles. The monoisotopic (exact) mass is 362 g/mol. The predicted molar refractivity (Wildman–Crippen MR) is 94.9 cm³/mol. The van der Waals surface area contributed by atoms with Gasteiger partial charge >= 0.3 is 5.97 Å². The van der Waals surface area contributed by atoms with Crippen LogP contribution in [-0.2, 0) is 4.74 Å². The van der Waals surface area contributed by atoms with Crippen molar-refractivity contribution >= 4 is 23.2 Å². The van der Waals surface area contributed by atoms with Gasteiger partial charge in [0.15, 0.2) is 0 Å². The molecule has 1 saturated heterocycles. The number of methoxy groups -OCH3 is 1. The van der Waals surface area contributed by atoms with E-state index in [2.05, 4.69) is 15.0 Å². The third-order valence-corrected chi connectivity index (χ3v) is 5.44. The van der Waals surface area contributed by atoms with Gasteiger partial charge in [-0.15, -0.1) is 11.3 Å². The molecular formula is C18H22N2O4S. The van der Waals surface area contributed by atoms with Crippen LogP contribution in [0.2, 0.25) is 0 Å². The second kappa shape index (κ2) is 8.31. The van der Waals surface area contributed by atoms with Crippen LogP contribution in [0.4, 0.5) is 0 Å². The Labute approximate surface area is 150 Å². The minimum Gasteiger partial charge on any atom is -0.468 e. The molecule has 1 aliphatic heterocycles. The number of nitrogens with zero attached hydrogens (tertiary/aromatic N) is 1. The number of hydrogen-bond donors (Lipinski definition) is 1. The van der Waals surface area contributed by atoms with Crippen molar-refractivity contribution in [3.63, 3.8) is 0 Å². The largest absolute Gasteiger partial charge is 0.468 e. The van der Waals surface area contributed by atoms with E-state index in [1.807, 2.05) is 12.1 Å². The first-order chi connectivity index (χ1) is 12.2. The lowest BCUT2D eigenvalue weighted by molar-refractivity contribution is 0.0606. The molecule has 0 radical (unpaired) electrons. The summed E-state index contributed by atoms with van der Waals surface area (Å²) in [6.07, 6.45) is 5.24. The summed E-state index contributed by atoms with van der Waals surface area (Å²) in [6, 6.07) is 7.11. The number of amides is 1. The van der Waals surface area contributed by atoms with Gasteiger partial charge in [0.1, 0.15) is 10.6 Å². The van der Waals surface area contributed by atoms with Crippen LogP contribution < -0.4 is 5.32 Å². The van der Waals surface area contributed by atoms with Gasteiger partial charge in [-0.25, -0.2) is 4.79 Å². The molecule has 1 amide bonds. The fourth-order valence-corrected chi connectivity index (χ4v) is 3.91. The van der Waals surface area contributed by atoms with Gasteiger partial charge in [0.05, 0.1) is 24.3 Å². The zero-order valence-electron chi connectivity index (χ0n) is 14.2. The molecule has 0 aromatic carbocycles. The number of piperidine rings is 1. The molecular weight excluding hydrogens is 340 g/mol. The van der Waals surface area contributed by atoms with Gasteiger partial charge < -0.3 is 14.5 Å². The summed E-state index contributed by atoms with van der Waals surface area (Å²) in [7, 11) is 1.33. The SMILES string of the molecule is COC(=O)c1ccc(C(=O)NCC(c2ccco2)N2CCCCC2)s1. The number of ether oxygens (including phenoxy) is 1. The molecule has 1 fully saturated rings. The molecule has 3 rings (SSSR count). The molecule has 2 aromatic rings. The van der Waals surface area contributed by atoms with Crippen molar-refractivity contribution in [3.05, 3.63) is 46.0 Å². The Balaban J connectivity index is 1.65. The maximum Gasteiger partial charge on any atom is 0.348 e. The van der Waals surface area contributed by atoms with E-state index in [-0.39, 0.29) is 11.9 Å². The lowest BCUT2D eigenvalue weighted by atomic mass is 10.1. The molecule has 1 atom stereocenters. The Morgan fingerprint density at radius 1 is 1.24 bits per heavy atom. The van der Waals surface area contributed by atoms with Gasteiger partial charge in [-0.05, 0) is 50.2 Å². The number of likely N-dealkylation sites (tertiary alicyclic amines) is 1. The number of thiophene rings is 1. The summed E-state index contributed by atoms with van der Waals surface area (Å²) in [5.74, 6) is 0.253. The van der Waals surface area contributed by atoms with Crippen molar-refractivity contribution in [2.75, 3.05) is 26.7 Å². The van der Waals surface area contributed by atoms with E-state index in [4.69, 9.17) is 4.42 Å². The Kier molecular flexibility index (Phi) is 5.88. The minimum atomic E-state index is -0.425. The highest BCUT2D eigenvalue weighted by Crippen LogP contribution is 2.25. The second-order valence-electron chi connectivity index (χ2n) is 5.99. The zero-order valence-corrected chi connectivity index (χ0v) is 15.0. The first kappa shape index (κ1) is 17.7. The summed E-state index contributed by atoms with van der Waals surface area (Å²) < 4.78 is 10.3. The Bertz CT molecular complexity index is 704. The predicted octanol–water partition coefficient (Wildman–Crippen LogP) is 3.08. The summed E-state index contributed by atoms with van der Waals surface area (Å²) in [5.41, 5.74) is 0. The first-order valence-electron chi connectivity index (χ1n) is 8.43. The highest BCUT2D eigenvalue weighted by molar-refractivity contribution is 7.15. The number of rotatable bonds is 6. The van der Waals surface area contributed by atoms with Crippen molar-refractivity contribution in [1.29, 1.82) is 0 Å². The van der Waals surface area contributed by atoms with E-state index in [1.165, 1.54) is 26.4 Å². The van der Waals surface area contributed by atoms with E-state index < -0.39 is 5.97 Å². The minimum absolute atomic E-state index is 0.0271. The van der Waals surface area contributed by atoms with Crippen LogP contribution in [0.15, 0.2) is 34.9 Å². The normalized spacial score (nSPS) is 16.4. The molecule has 1 N–H and O–H groups in total. The van der Waals surface area contributed by atoms with Crippen molar-refractivity contribution in [1.82, 2.24) is 10.2 Å². The van der Waals surface area contributed by atoms with Crippen LogP contribution in [0.1, 0.15) is 50.4 Å².